The van der Waals surface area contributed by atoms with Gasteiger partial charge in [-0.15, -0.1) is 0 Å². The molecular formula is C24H28NO5+. The maximum absolute atomic E-state index is 13.1. The SMILES string of the molecule is CCOc1ccccc1Oc1coc2c(C[NH+]3CCC(C)CC3)c(O)ccc2c1=O. The molecule has 2 N–H and O–H groups in total. The third-order valence-corrected chi connectivity index (χ3v) is 5.77. The first-order valence-electron chi connectivity index (χ1n) is 10.6. The van der Waals surface area contributed by atoms with Crippen LogP contribution in [0.25, 0.3) is 11.0 Å². The molecule has 0 saturated carbocycles. The number of likely N-dealkylation sites (tertiary alicyclic amines) is 1. The van der Waals surface area contributed by atoms with E-state index in [-0.39, 0.29) is 16.9 Å². The second-order valence-electron chi connectivity index (χ2n) is 7.96. The average molecular weight is 410 g/mol. The number of aromatic hydroxyl groups is 1. The fraction of sp³-hybridized carbons (Fsp3) is 0.375. The second kappa shape index (κ2) is 8.79. The van der Waals surface area contributed by atoms with Crippen LogP contribution in [0.1, 0.15) is 32.3 Å². The highest BCUT2D eigenvalue weighted by molar-refractivity contribution is 5.82. The Kier molecular flexibility index (Phi) is 5.95. The molecule has 2 heterocycles. The van der Waals surface area contributed by atoms with Gasteiger partial charge >= 0.3 is 0 Å². The van der Waals surface area contributed by atoms with Crippen LogP contribution < -0.4 is 19.8 Å². The lowest BCUT2D eigenvalue weighted by atomic mass is 9.98. The highest BCUT2D eigenvalue weighted by Crippen LogP contribution is 2.32. The molecule has 0 amide bonds. The number of para-hydroxylation sites is 2. The van der Waals surface area contributed by atoms with Crippen LogP contribution in [-0.2, 0) is 6.54 Å². The highest BCUT2D eigenvalue weighted by Gasteiger charge is 2.23. The number of rotatable bonds is 6. The zero-order valence-corrected chi connectivity index (χ0v) is 17.4. The zero-order chi connectivity index (χ0) is 21.1. The van der Waals surface area contributed by atoms with Gasteiger partial charge in [0.1, 0.15) is 18.6 Å². The average Bonchev–Trinajstić information content (AvgIpc) is 2.75. The molecule has 3 aromatic rings. The van der Waals surface area contributed by atoms with Crippen LogP contribution in [0.2, 0.25) is 0 Å². The van der Waals surface area contributed by atoms with Crippen LogP contribution in [0.5, 0.6) is 23.0 Å². The predicted molar refractivity (Wildman–Crippen MR) is 115 cm³/mol. The molecule has 0 unspecified atom stereocenters. The molecule has 30 heavy (non-hydrogen) atoms. The van der Waals surface area contributed by atoms with Gasteiger partial charge in [-0.1, -0.05) is 19.1 Å². The summed E-state index contributed by atoms with van der Waals surface area (Å²) in [5.74, 6) is 2.01. The quantitative estimate of drug-likeness (QED) is 0.651. The van der Waals surface area contributed by atoms with E-state index >= 15 is 0 Å². The molecule has 0 atom stereocenters. The Balaban J connectivity index is 1.67. The van der Waals surface area contributed by atoms with Crippen molar-refractivity contribution in [1.82, 2.24) is 0 Å². The topological polar surface area (TPSA) is 73.3 Å². The molecule has 0 bridgehead atoms. The highest BCUT2D eigenvalue weighted by atomic mass is 16.5. The number of hydrogen-bond acceptors (Lipinski definition) is 5. The van der Waals surface area contributed by atoms with E-state index < -0.39 is 0 Å². The molecule has 2 aromatic carbocycles. The van der Waals surface area contributed by atoms with Crippen LogP contribution in [0.3, 0.4) is 0 Å². The van der Waals surface area contributed by atoms with Crippen LogP contribution >= 0.6 is 0 Å². The van der Waals surface area contributed by atoms with Crippen LogP contribution in [-0.4, -0.2) is 24.8 Å². The van der Waals surface area contributed by atoms with E-state index in [2.05, 4.69) is 6.92 Å². The fourth-order valence-corrected chi connectivity index (χ4v) is 4.00. The normalized spacial score (nSPS) is 19.0. The van der Waals surface area contributed by atoms with Crippen LogP contribution in [0, 0.1) is 5.92 Å². The maximum Gasteiger partial charge on any atom is 0.235 e. The summed E-state index contributed by atoms with van der Waals surface area (Å²) in [4.78, 5) is 14.5. The van der Waals surface area contributed by atoms with Gasteiger partial charge in [0, 0.05) is 0 Å². The molecule has 1 aromatic heterocycles. The largest absolute Gasteiger partial charge is 0.507 e. The lowest BCUT2D eigenvalue weighted by Gasteiger charge is -2.27. The van der Waals surface area contributed by atoms with Crippen molar-refractivity contribution in [2.45, 2.75) is 33.2 Å². The molecule has 158 valence electrons. The van der Waals surface area contributed by atoms with Crippen molar-refractivity contribution >= 4 is 11.0 Å². The molecule has 6 heteroatoms. The summed E-state index contributed by atoms with van der Waals surface area (Å²) in [5, 5.41) is 10.9. The minimum Gasteiger partial charge on any atom is -0.507 e. The molecule has 0 aliphatic carbocycles. The number of quaternary nitrogens is 1. The third-order valence-electron chi connectivity index (χ3n) is 5.77. The lowest BCUT2D eigenvalue weighted by molar-refractivity contribution is -0.919. The van der Waals surface area contributed by atoms with Gasteiger partial charge in [0.25, 0.3) is 0 Å². The number of nitrogens with one attached hydrogen (secondary N) is 1. The Morgan fingerprint density at radius 1 is 1.10 bits per heavy atom. The van der Waals surface area contributed by atoms with E-state index in [0.29, 0.717) is 41.2 Å². The van der Waals surface area contributed by atoms with Crippen molar-refractivity contribution in [1.29, 1.82) is 0 Å². The summed E-state index contributed by atoms with van der Waals surface area (Å²) in [5.41, 5.74) is 0.832. The Morgan fingerprint density at radius 2 is 1.83 bits per heavy atom. The number of phenols is 1. The van der Waals surface area contributed by atoms with Gasteiger partial charge in [-0.3, -0.25) is 4.79 Å². The summed E-state index contributed by atoms with van der Waals surface area (Å²) >= 11 is 0. The van der Waals surface area contributed by atoms with Gasteiger partial charge in [0.15, 0.2) is 17.1 Å². The first-order chi connectivity index (χ1) is 14.6. The van der Waals surface area contributed by atoms with Crippen molar-refractivity contribution < 1.29 is 23.9 Å². The van der Waals surface area contributed by atoms with Crippen molar-refractivity contribution in [3.05, 3.63) is 58.4 Å². The predicted octanol–water partition coefficient (Wildman–Crippen LogP) is 3.50. The summed E-state index contributed by atoms with van der Waals surface area (Å²) in [6, 6.07) is 10.4. The Morgan fingerprint density at radius 3 is 2.57 bits per heavy atom. The number of hydrogen-bond donors (Lipinski definition) is 2. The summed E-state index contributed by atoms with van der Waals surface area (Å²) in [7, 11) is 0. The minimum absolute atomic E-state index is 0.0884. The van der Waals surface area contributed by atoms with E-state index in [4.69, 9.17) is 13.9 Å². The molecule has 1 aliphatic rings. The molecule has 1 saturated heterocycles. The Labute approximate surface area is 175 Å². The summed E-state index contributed by atoms with van der Waals surface area (Å²) in [6.07, 6.45) is 3.66. The van der Waals surface area contributed by atoms with E-state index in [1.165, 1.54) is 24.0 Å². The van der Waals surface area contributed by atoms with Crippen molar-refractivity contribution in [2.24, 2.45) is 5.92 Å². The first-order valence-corrected chi connectivity index (χ1v) is 10.6. The van der Waals surface area contributed by atoms with Crippen LogP contribution in [0.4, 0.5) is 0 Å². The molecule has 6 nitrogen and oxygen atoms in total. The maximum atomic E-state index is 13.1. The monoisotopic (exact) mass is 410 g/mol. The van der Waals surface area contributed by atoms with E-state index in [9.17, 15) is 9.90 Å². The molecular weight excluding hydrogens is 382 g/mol. The summed E-state index contributed by atoms with van der Waals surface area (Å²) in [6.45, 7) is 7.39. The lowest BCUT2D eigenvalue weighted by Crippen LogP contribution is -3.11. The van der Waals surface area contributed by atoms with E-state index in [0.717, 1.165) is 19.0 Å². The first kappa shape index (κ1) is 20.3. The Bertz CT molecular complexity index is 1080. The van der Waals surface area contributed by atoms with Gasteiger partial charge in [-0.05, 0) is 49.9 Å². The van der Waals surface area contributed by atoms with Crippen LogP contribution in [0.15, 0.2) is 51.9 Å². The number of phenolic OH excluding ortho intramolecular Hbond substituents is 1. The van der Waals surface area contributed by atoms with Gasteiger partial charge in [0.2, 0.25) is 11.2 Å². The Hall–Kier alpha value is -2.99. The second-order valence-corrected chi connectivity index (χ2v) is 7.96. The zero-order valence-electron chi connectivity index (χ0n) is 17.4. The number of ether oxygens (including phenoxy) is 2. The van der Waals surface area contributed by atoms with Gasteiger partial charge < -0.3 is 23.9 Å². The van der Waals surface area contributed by atoms with Crippen molar-refractivity contribution in [3.8, 4) is 23.0 Å². The van der Waals surface area contributed by atoms with Gasteiger partial charge in [-0.25, -0.2) is 0 Å². The minimum atomic E-state index is -0.272. The molecule has 0 spiro atoms. The smallest absolute Gasteiger partial charge is 0.235 e. The number of fused-ring (bicyclic) bond motifs is 1. The van der Waals surface area contributed by atoms with Crippen molar-refractivity contribution in [2.75, 3.05) is 19.7 Å². The molecule has 1 fully saturated rings. The van der Waals surface area contributed by atoms with E-state index in [1.54, 1.807) is 24.3 Å². The summed E-state index contributed by atoms with van der Waals surface area (Å²) < 4.78 is 17.2. The number of benzene rings is 2. The molecule has 1 aliphatic heterocycles. The van der Waals surface area contributed by atoms with Gasteiger partial charge in [-0.2, -0.15) is 0 Å². The number of piperidine rings is 1. The molecule has 4 rings (SSSR count). The standard InChI is InChI=1S/C24H27NO5/c1-3-28-20-6-4-5-7-21(20)30-22-15-29-24-17(23(22)27)8-9-19(26)18(24)14-25-12-10-16(2)11-13-25/h4-9,15-16,26H,3,10-14H2,1-2H3/p+1. The molecule has 0 radical (unpaired) electrons. The fourth-order valence-electron chi connectivity index (χ4n) is 4.00. The van der Waals surface area contributed by atoms with E-state index in [1.807, 2.05) is 19.1 Å². The van der Waals surface area contributed by atoms with Crippen molar-refractivity contribution in [3.63, 3.8) is 0 Å². The van der Waals surface area contributed by atoms with Gasteiger partial charge in [0.05, 0.1) is 30.6 Å². The third kappa shape index (κ3) is 4.14.